The number of nitrogens with zero attached hydrogens (tertiary/aromatic N) is 3. The molecule has 2 atom stereocenters. The van der Waals surface area contributed by atoms with Crippen LogP contribution in [0.1, 0.15) is 41.9 Å². The minimum Gasteiger partial charge on any atom is -0.365 e. The van der Waals surface area contributed by atoms with E-state index in [9.17, 15) is 13.6 Å². The molecule has 0 aliphatic carbocycles. The summed E-state index contributed by atoms with van der Waals surface area (Å²) in [6.07, 6.45) is 1.30. The molecular weight excluding hydrogens is 458 g/mol. The van der Waals surface area contributed by atoms with E-state index < -0.39 is 12.5 Å². The normalized spacial score (nSPS) is 21.4. The maximum atomic E-state index is 13.4. The molecule has 34 heavy (non-hydrogen) atoms. The Morgan fingerprint density at radius 3 is 2.62 bits per heavy atom. The number of nitrogens with one attached hydrogen (secondary N) is 3. The first kappa shape index (κ1) is 24.6. The maximum Gasteiger partial charge on any atom is 0.267 e. The van der Waals surface area contributed by atoms with E-state index in [0.717, 1.165) is 22.0 Å². The van der Waals surface area contributed by atoms with Crippen molar-refractivity contribution in [2.45, 2.75) is 49.0 Å². The zero-order chi connectivity index (χ0) is 24.5. The molecule has 1 aromatic carbocycles. The first-order chi connectivity index (χ1) is 16.2. The summed E-state index contributed by atoms with van der Waals surface area (Å²) in [5.41, 5.74) is 4.71. The summed E-state index contributed by atoms with van der Waals surface area (Å²) < 4.78 is 26.9. The van der Waals surface area contributed by atoms with E-state index >= 15 is 0 Å². The Kier molecular flexibility index (Phi) is 7.20. The minimum absolute atomic E-state index is 0.0856. The van der Waals surface area contributed by atoms with Gasteiger partial charge < -0.3 is 20.9 Å². The highest BCUT2D eigenvalue weighted by atomic mass is 32.2. The van der Waals surface area contributed by atoms with Gasteiger partial charge in [-0.2, -0.15) is 0 Å². The van der Waals surface area contributed by atoms with E-state index in [0.29, 0.717) is 12.1 Å². The topological polar surface area (TPSA) is 82.2 Å². The molecule has 3 heterocycles. The van der Waals surface area contributed by atoms with Crippen molar-refractivity contribution in [3.05, 3.63) is 53.0 Å². The zero-order valence-electron chi connectivity index (χ0n) is 19.8. The number of hydrogen-bond acceptors (Lipinski definition) is 7. The molecule has 10 heteroatoms. The lowest BCUT2D eigenvalue weighted by Crippen LogP contribution is -2.31. The number of carbonyl (C=O) groups is 1. The van der Waals surface area contributed by atoms with E-state index in [1.165, 1.54) is 16.0 Å². The van der Waals surface area contributed by atoms with Gasteiger partial charge in [-0.3, -0.25) is 4.79 Å². The number of amides is 1. The lowest BCUT2D eigenvalue weighted by Gasteiger charge is -2.18. The standard InChI is InChI=1S/C24H30F2N6OS/c1-14(15(2)27-3)18-19-20(34-22(18)28-4)21(31-13-30-19)29-11-16-5-7-17(8-6-16)23(33)32-10-9-24(25,26)12-32/h5-8,13,15,22,27-28H,9-12H2,1-4H3,(H,29,30,31)/b18-14-. The summed E-state index contributed by atoms with van der Waals surface area (Å²) in [4.78, 5) is 23.8. The summed E-state index contributed by atoms with van der Waals surface area (Å²) in [6.45, 7) is 4.33. The average Bonchev–Trinajstić information content (AvgIpc) is 3.41. The van der Waals surface area contributed by atoms with Crippen LogP contribution in [0.5, 0.6) is 0 Å². The van der Waals surface area contributed by atoms with Crippen LogP contribution < -0.4 is 16.0 Å². The van der Waals surface area contributed by atoms with Gasteiger partial charge in [0, 0.05) is 36.7 Å². The highest BCUT2D eigenvalue weighted by Gasteiger charge is 2.40. The molecule has 4 rings (SSSR count). The second-order valence-corrected chi connectivity index (χ2v) is 9.79. The number of hydrogen-bond donors (Lipinski definition) is 3. The molecular formula is C24H30F2N6OS. The van der Waals surface area contributed by atoms with Gasteiger partial charge in [-0.05, 0) is 51.2 Å². The quantitative estimate of drug-likeness (QED) is 0.549. The third-order valence-electron chi connectivity index (χ3n) is 6.44. The highest BCUT2D eigenvalue weighted by molar-refractivity contribution is 8.01. The average molecular weight is 489 g/mol. The van der Waals surface area contributed by atoms with E-state index in [1.807, 2.05) is 26.2 Å². The van der Waals surface area contributed by atoms with Crippen molar-refractivity contribution in [2.24, 2.45) is 0 Å². The van der Waals surface area contributed by atoms with Crippen molar-refractivity contribution >= 4 is 29.1 Å². The van der Waals surface area contributed by atoms with Crippen LogP contribution >= 0.6 is 11.8 Å². The van der Waals surface area contributed by atoms with Crippen LogP contribution in [0.4, 0.5) is 14.6 Å². The lowest BCUT2D eigenvalue weighted by molar-refractivity contribution is 0.0120. The van der Waals surface area contributed by atoms with E-state index in [4.69, 9.17) is 0 Å². The smallest absolute Gasteiger partial charge is 0.267 e. The number of alkyl halides is 2. The monoisotopic (exact) mass is 488 g/mol. The second-order valence-electron chi connectivity index (χ2n) is 8.68. The fraction of sp³-hybridized carbons (Fsp3) is 0.458. The summed E-state index contributed by atoms with van der Waals surface area (Å²) in [5, 5.41) is 10.1. The number of rotatable bonds is 7. The number of fused-ring (bicyclic) bond motifs is 1. The Balaban J connectivity index is 1.47. The molecule has 2 aliphatic heterocycles. The third-order valence-corrected chi connectivity index (χ3v) is 7.77. The van der Waals surface area contributed by atoms with Gasteiger partial charge in [0.05, 0.1) is 22.5 Å². The van der Waals surface area contributed by atoms with Crippen molar-refractivity contribution in [3.63, 3.8) is 0 Å². The van der Waals surface area contributed by atoms with Gasteiger partial charge in [-0.15, -0.1) is 0 Å². The van der Waals surface area contributed by atoms with Crippen molar-refractivity contribution in [1.82, 2.24) is 25.5 Å². The van der Waals surface area contributed by atoms with E-state index in [-0.39, 0.29) is 30.3 Å². The molecule has 1 amide bonds. The first-order valence-corrected chi connectivity index (χ1v) is 12.2. The number of likely N-dealkylation sites (tertiary alicyclic amines) is 1. The lowest BCUT2D eigenvalue weighted by atomic mass is 10.0. The van der Waals surface area contributed by atoms with Crippen LogP contribution in [0.2, 0.25) is 0 Å². The fourth-order valence-electron chi connectivity index (χ4n) is 4.19. The molecule has 0 spiro atoms. The van der Waals surface area contributed by atoms with Crippen molar-refractivity contribution in [1.29, 1.82) is 0 Å². The zero-order valence-corrected chi connectivity index (χ0v) is 20.6. The largest absolute Gasteiger partial charge is 0.365 e. The van der Waals surface area contributed by atoms with Gasteiger partial charge in [0.1, 0.15) is 12.1 Å². The molecule has 0 radical (unpaired) electrons. The fourth-order valence-corrected chi connectivity index (χ4v) is 5.47. The molecule has 3 N–H and O–H groups in total. The second kappa shape index (κ2) is 9.97. The Morgan fingerprint density at radius 2 is 2.00 bits per heavy atom. The van der Waals surface area contributed by atoms with Crippen LogP contribution in [0.3, 0.4) is 0 Å². The van der Waals surface area contributed by atoms with Gasteiger partial charge in [-0.1, -0.05) is 23.9 Å². The number of aromatic nitrogens is 2. The first-order valence-electron chi connectivity index (χ1n) is 11.3. The number of carbonyl (C=O) groups excluding carboxylic acids is 1. The number of thioether (sulfide) groups is 1. The maximum absolute atomic E-state index is 13.4. The molecule has 1 aromatic heterocycles. The van der Waals surface area contributed by atoms with Gasteiger partial charge in [0.25, 0.3) is 11.8 Å². The van der Waals surface area contributed by atoms with Crippen LogP contribution in [0.25, 0.3) is 5.57 Å². The van der Waals surface area contributed by atoms with Crippen LogP contribution in [0, 0.1) is 0 Å². The number of halogens is 2. The molecule has 1 fully saturated rings. The number of benzene rings is 1. The van der Waals surface area contributed by atoms with Gasteiger partial charge in [-0.25, -0.2) is 18.7 Å². The predicted molar refractivity (Wildman–Crippen MR) is 131 cm³/mol. The van der Waals surface area contributed by atoms with Crippen LogP contribution in [-0.2, 0) is 6.54 Å². The minimum atomic E-state index is -2.79. The highest BCUT2D eigenvalue weighted by Crippen LogP contribution is 2.47. The number of likely N-dealkylation sites (N-methyl/N-ethyl adjacent to an activating group) is 2. The van der Waals surface area contributed by atoms with E-state index in [1.54, 1.807) is 30.2 Å². The van der Waals surface area contributed by atoms with E-state index in [2.05, 4.69) is 39.8 Å². The molecule has 2 aliphatic rings. The SMILES string of the molecule is CNC(C)/C(C)=C1/c2ncnc(NCc3ccc(C(=O)N4CCC(F)(F)C4)cc3)c2SC1NC. The van der Waals surface area contributed by atoms with Gasteiger partial charge in [0.15, 0.2) is 0 Å². The summed E-state index contributed by atoms with van der Waals surface area (Å²) in [7, 11) is 3.88. The molecule has 7 nitrogen and oxygen atoms in total. The number of anilines is 1. The Labute approximate surface area is 202 Å². The van der Waals surface area contributed by atoms with Gasteiger partial charge in [0.2, 0.25) is 0 Å². The van der Waals surface area contributed by atoms with Crippen LogP contribution in [0.15, 0.2) is 41.1 Å². The predicted octanol–water partition coefficient (Wildman–Crippen LogP) is 3.60. The molecule has 1 saturated heterocycles. The Morgan fingerprint density at radius 1 is 1.26 bits per heavy atom. The van der Waals surface area contributed by atoms with Crippen LogP contribution in [-0.4, -0.2) is 65.3 Å². The Bertz CT molecular complexity index is 1090. The van der Waals surface area contributed by atoms with Crippen molar-refractivity contribution < 1.29 is 13.6 Å². The molecule has 2 unspecified atom stereocenters. The summed E-state index contributed by atoms with van der Waals surface area (Å²) >= 11 is 1.69. The summed E-state index contributed by atoms with van der Waals surface area (Å²) in [6, 6.07) is 7.27. The molecule has 182 valence electrons. The molecule has 0 bridgehead atoms. The van der Waals surface area contributed by atoms with Gasteiger partial charge >= 0.3 is 0 Å². The summed E-state index contributed by atoms with van der Waals surface area (Å²) in [5.74, 6) is -2.39. The van der Waals surface area contributed by atoms with Crippen molar-refractivity contribution in [2.75, 3.05) is 32.5 Å². The van der Waals surface area contributed by atoms with Crippen molar-refractivity contribution in [3.8, 4) is 0 Å². The molecule has 2 aromatic rings. The third kappa shape index (κ3) is 4.94. The molecule has 0 saturated carbocycles. The Hall–Kier alpha value is -2.56.